The van der Waals surface area contributed by atoms with Crippen LogP contribution in [0.3, 0.4) is 0 Å². The molecule has 0 aromatic heterocycles. The van der Waals surface area contributed by atoms with Gasteiger partial charge in [0.25, 0.3) is 0 Å². The fraction of sp³-hybridized carbons (Fsp3) is 0.250. The lowest BCUT2D eigenvalue weighted by Crippen LogP contribution is -1.94. The molecule has 0 radical (unpaired) electrons. The molecule has 0 fully saturated rings. The molecule has 0 spiro atoms. The smallest absolute Gasteiger partial charge is 0.105 e. The highest BCUT2D eigenvalue weighted by Gasteiger charge is 2.02. The van der Waals surface area contributed by atoms with E-state index in [1.54, 1.807) is 0 Å². The van der Waals surface area contributed by atoms with Gasteiger partial charge in [0.05, 0.1) is 6.10 Å². The van der Waals surface area contributed by atoms with Gasteiger partial charge in [-0.1, -0.05) is 34.4 Å². The summed E-state index contributed by atoms with van der Waals surface area (Å²) in [6.45, 7) is 0. The molecule has 1 N–H and O–H groups in total. The van der Waals surface area contributed by atoms with Gasteiger partial charge in [0.2, 0.25) is 0 Å². The molecule has 1 aromatic rings. The average Bonchev–Trinajstić information content (AvgIpc) is 2.05. The molecular weight excluding hydrogens is 203 g/mol. The van der Waals surface area contributed by atoms with Crippen LogP contribution >= 0.6 is 15.9 Å². The summed E-state index contributed by atoms with van der Waals surface area (Å²) in [5, 5.41) is 9.40. The quantitative estimate of drug-likeness (QED) is 0.738. The number of hydrogen-bond donors (Lipinski definition) is 1. The van der Waals surface area contributed by atoms with Crippen molar-refractivity contribution in [3.8, 4) is 0 Å². The molecule has 0 heterocycles. The summed E-state index contributed by atoms with van der Waals surface area (Å²) in [7, 11) is 1.96. The van der Waals surface area contributed by atoms with Crippen LogP contribution in [-0.2, 0) is 0 Å². The van der Waals surface area contributed by atoms with Crippen LogP contribution in [0.25, 0.3) is 0 Å². The predicted molar refractivity (Wildman–Crippen MR) is 52.5 cm³/mol. The Morgan fingerprint density at radius 2 is 1.91 bits per heavy atom. The first-order chi connectivity index (χ1) is 5.24. The van der Waals surface area contributed by atoms with Crippen molar-refractivity contribution in [2.45, 2.75) is 12.4 Å². The Morgan fingerprint density at radius 1 is 1.36 bits per heavy atom. The molecule has 11 heavy (non-hydrogen) atoms. The van der Waals surface area contributed by atoms with Gasteiger partial charge in [0.15, 0.2) is 0 Å². The van der Waals surface area contributed by atoms with Gasteiger partial charge < -0.3 is 5.11 Å². The van der Waals surface area contributed by atoms with Crippen molar-refractivity contribution in [1.82, 2.24) is 0 Å². The van der Waals surface area contributed by atoms with E-state index in [1.165, 1.54) is 0 Å². The maximum atomic E-state index is 9.40. The molecule has 0 saturated heterocycles. The summed E-state index contributed by atoms with van der Waals surface area (Å²) in [4.78, 5) is 0. The Morgan fingerprint density at radius 3 is 2.36 bits per heavy atom. The minimum Gasteiger partial charge on any atom is -0.389 e. The second-order valence-corrected chi connectivity index (χ2v) is 3.39. The Bertz CT molecular complexity index is 222. The zero-order chi connectivity index (χ0) is 8.27. The molecule has 0 amide bonds. The minimum absolute atomic E-state index is 0.317. The molecular formula is C8H10BBrO. The van der Waals surface area contributed by atoms with E-state index in [2.05, 4.69) is 15.9 Å². The maximum Gasteiger partial charge on any atom is 0.105 e. The van der Waals surface area contributed by atoms with Crippen molar-refractivity contribution in [1.29, 1.82) is 0 Å². The molecule has 0 aliphatic carbocycles. The molecule has 0 saturated carbocycles. The maximum absolute atomic E-state index is 9.40. The first-order valence-electron chi connectivity index (χ1n) is 3.67. The van der Waals surface area contributed by atoms with E-state index in [9.17, 15) is 5.11 Å². The van der Waals surface area contributed by atoms with Crippen LogP contribution in [-0.4, -0.2) is 13.0 Å². The SMILES string of the molecule is BC[C@@H](O)c1ccc(Br)cc1. The van der Waals surface area contributed by atoms with E-state index in [0.717, 1.165) is 16.4 Å². The summed E-state index contributed by atoms with van der Waals surface area (Å²) < 4.78 is 1.05. The standard InChI is InChI=1S/C8H10BBrO/c9-5-8(11)6-1-3-7(10)4-2-6/h1-4,8,11H,5,9H2/t8-/m1/s1. The normalized spacial score (nSPS) is 12.9. The molecule has 58 valence electrons. The Hall–Kier alpha value is -0.275. The molecule has 0 bridgehead atoms. The third-order valence-electron chi connectivity index (χ3n) is 1.64. The second-order valence-electron chi connectivity index (χ2n) is 2.48. The zero-order valence-corrected chi connectivity index (χ0v) is 8.01. The van der Waals surface area contributed by atoms with Crippen LogP contribution in [0.15, 0.2) is 28.7 Å². The van der Waals surface area contributed by atoms with Gasteiger partial charge >= 0.3 is 0 Å². The van der Waals surface area contributed by atoms with E-state index < -0.39 is 0 Å². The number of benzene rings is 1. The van der Waals surface area contributed by atoms with Crippen molar-refractivity contribution in [2.24, 2.45) is 0 Å². The number of hydrogen-bond acceptors (Lipinski definition) is 1. The van der Waals surface area contributed by atoms with Gasteiger partial charge in [-0.2, -0.15) is 0 Å². The Balaban J connectivity index is 2.81. The van der Waals surface area contributed by atoms with Gasteiger partial charge in [-0.25, -0.2) is 0 Å². The summed E-state index contributed by atoms with van der Waals surface area (Å²) in [6, 6.07) is 7.74. The van der Waals surface area contributed by atoms with Gasteiger partial charge in [0.1, 0.15) is 7.85 Å². The highest BCUT2D eigenvalue weighted by Crippen LogP contribution is 2.18. The first-order valence-corrected chi connectivity index (χ1v) is 4.47. The lowest BCUT2D eigenvalue weighted by molar-refractivity contribution is 0.200. The van der Waals surface area contributed by atoms with Crippen molar-refractivity contribution < 1.29 is 5.11 Å². The summed E-state index contributed by atoms with van der Waals surface area (Å²) in [5.74, 6) is 0. The molecule has 1 rings (SSSR count). The minimum atomic E-state index is -0.317. The largest absolute Gasteiger partial charge is 0.389 e. The molecule has 0 aliphatic rings. The van der Waals surface area contributed by atoms with Crippen LogP contribution in [0.1, 0.15) is 11.7 Å². The monoisotopic (exact) mass is 212 g/mol. The highest BCUT2D eigenvalue weighted by molar-refractivity contribution is 9.10. The Labute approximate surface area is 76.0 Å². The second kappa shape index (κ2) is 3.93. The van der Waals surface area contributed by atoms with Gasteiger partial charge in [-0.05, 0) is 17.7 Å². The molecule has 0 unspecified atom stereocenters. The van der Waals surface area contributed by atoms with Gasteiger partial charge in [0, 0.05) is 4.47 Å². The predicted octanol–water partition coefficient (Wildman–Crippen LogP) is 1.53. The van der Waals surface area contributed by atoms with E-state index in [1.807, 2.05) is 32.1 Å². The van der Waals surface area contributed by atoms with Crippen LogP contribution in [0.4, 0.5) is 0 Å². The number of rotatable bonds is 2. The molecule has 1 atom stereocenters. The number of halogens is 1. The highest BCUT2D eigenvalue weighted by atomic mass is 79.9. The fourth-order valence-electron chi connectivity index (χ4n) is 0.921. The topological polar surface area (TPSA) is 20.2 Å². The van der Waals surface area contributed by atoms with E-state index in [-0.39, 0.29) is 6.10 Å². The van der Waals surface area contributed by atoms with Crippen LogP contribution in [0.2, 0.25) is 6.32 Å². The molecule has 1 aromatic carbocycles. The first kappa shape index (κ1) is 8.82. The van der Waals surface area contributed by atoms with E-state index >= 15 is 0 Å². The van der Waals surface area contributed by atoms with Gasteiger partial charge in [-0.15, -0.1) is 0 Å². The van der Waals surface area contributed by atoms with Crippen LogP contribution in [0.5, 0.6) is 0 Å². The zero-order valence-electron chi connectivity index (χ0n) is 6.42. The molecule has 0 aliphatic heterocycles. The lowest BCUT2D eigenvalue weighted by atomic mass is 9.94. The average molecular weight is 213 g/mol. The number of aliphatic hydroxyl groups excluding tert-OH is 1. The van der Waals surface area contributed by atoms with E-state index in [0.29, 0.717) is 0 Å². The number of aliphatic hydroxyl groups is 1. The third-order valence-corrected chi connectivity index (χ3v) is 2.17. The summed E-state index contributed by atoms with van der Waals surface area (Å²) in [6.07, 6.45) is 0.449. The summed E-state index contributed by atoms with van der Waals surface area (Å²) in [5.41, 5.74) is 0.982. The van der Waals surface area contributed by atoms with Crippen LogP contribution < -0.4 is 0 Å². The molecule has 3 heteroatoms. The fourth-order valence-corrected chi connectivity index (χ4v) is 1.18. The van der Waals surface area contributed by atoms with Crippen LogP contribution in [0, 0.1) is 0 Å². The van der Waals surface area contributed by atoms with Crippen molar-refractivity contribution in [3.63, 3.8) is 0 Å². The Kier molecular flexibility index (Phi) is 3.15. The molecule has 1 nitrogen and oxygen atoms in total. The van der Waals surface area contributed by atoms with Gasteiger partial charge in [-0.3, -0.25) is 0 Å². The van der Waals surface area contributed by atoms with Crippen molar-refractivity contribution in [2.75, 3.05) is 0 Å². The third kappa shape index (κ3) is 2.35. The van der Waals surface area contributed by atoms with Crippen molar-refractivity contribution >= 4 is 23.8 Å². The van der Waals surface area contributed by atoms with E-state index in [4.69, 9.17) is 0 Å². The summed E-state index contributed by atoms with van der Waals surface area (Å²) >= 11 is 3.33. The lowest BCUT2D eigenvalue weighted by Gasteiger charge is -2.06. The van der Waals surface area contributed by atoms with Crippen molar-refractivity contribution in [3.05, 3.63) is 34.3 Å².